The number of hydrogen-bond donors (Lipinski definition) is 0. The molecule has 4 aromatic rings. The van der Waals surface area contributed by atoms with Gasteiger partial charge < -0.3 is 4.90 Å². The molecule has 0 radical (unpaired) electrons. The Bertz CT molecular complexity index is 1240. The maximum absolute atomic E-state index is 13.3. The number of amides is 1. The lowest BCUT2D eigenvalue weighted by molar-refractivity contribution is -0.137. The highest BCUT2D eigenvalue weighted by Crippen LogP contribution is 2.30. The normalized spacial score (nSPS) is 11.4. The minimum atomic E-state index is -4.44. The van der Waals surface area contributed by atoms with Gasteiger partial charge in [-0.05, 0) is 23.3 Å². The fourth-order valence-corrected chi connectivity index (χ4v) is 3.58. The summed E-state index contributed by atoms with van der Waals surface area (Å²) in [5, 5.41) is 8.25. The van der Waals surface area contributed by atoms with E-state index >= 15 is 0 Å². The Morgan fingerprint density at radius 1 is 0.909 bits per heavy atom. The van der Waals surface area contributed by atoms with Crippen LogP contribution in [0.4, 0.5) is 13.2 Å². The third-order valence-corrected chi connectivity index (χ3v) is 5.18. The van der Waals surface area contributed by atoms with E-state index in [1.807, 2.05) is 60.7 Å². The predicted octanol–water partition coefficient (Wildman–Crippen LogP) is 5.28. The van der Waals surface area contributed by atoms with Crippen molar-refractivity contribution in [3.05, 3.63) is 107 Å². The van der Waals surface area contributed by atoms with Crippen molar-refractivity contribution in [3.63, 3.8) is 0 Å². The molecule has 0 spiro atoms. The molecule has 1 amide bonds. The van der Waals surface area contributed by atoms with Crippen molar-refractivity contribution < 1.29 is 18.0 Å². The highest BCUT2D eigenvalue weighted by atomic mass is 19.4. The van der Waals surface area contributed by atoms with Gasteiger partial charge in [-0.3, -0.25) is 4.79 Å². The highest BCUT2D eigenvalue weighted by Gasteiger charge is 2.30. The third kappa shape index (κ3) is 5.11. The zero-order valence-corrected chi connectivity index (χ0v) is 17.8. The van der Waals surface area contributed by atoms with Gasteiger partial charge in [-0.1, -0.05) is 78.0 Å². The van der Waals surface area contributed by atoms with Gasteiger partial charge in [0.25, 0.3) is 5.91 Å². The first-order chi connectivity index (χ1) is 15.8. The molecule has 0 fully saturated rings. The molecule has 1 aromatic heterocycles. The second-order valence-electron chi connectivity index (χ2n) is 7.66. The Kier molecular flexibility index (Phi) is 6.26. The Morgan fingerprint density at radius 2 is 1.55 bits per heavy atom. The van der Waals surface area contributed by atoms with Crippen LogP contribution in [0.25, 0.3) is 11.3 Å². The van der Waals surface area contributed by atoms with Crippen LogP contribution in [-0.2, 0) is 19.3 Å². The van der Waals surface area contributed by atoms with E-state index in [4.69, 9.17) is 0 Å². The summed E-state index contributed by atoms with van der Waals surface area (Å²) in [6, 6.07) is 23.7. The topological polar surface area (TPSA) is 51.0 Å². The highest BCUT2D eigenvalue weighted by molar-refractivity contribution is 5.97. The van der Waals surface area contributed by atoms with E-state index in [9.17, 15) is 18.0 Å². The molecular formula is C25H21F3N4O. The molecule has 1 heterocycles. The molecule has 168 valence electrons. The van der Waals surface area contributed by atoms with Gasteiger partial charge in [-0.25, -0.2) is 4.68 Å². The fourth-order valence-electron chi connectivity index (χ4n) is 3.58. The molecule has 0 aliphatic carbocycles. The molecule has 33 heavy (non-hydrogen) atoms. The molecular weight excluding hydrogens is 429 g/mol. The van der Waals surface area contributed by atoms with Gasteiger partial charge in [-0.2, -0.15) is 13.2 Å². The Morgan fingerprint density at radius 3 is 2.21 bits per heavy atom. The van der Waals surface area contributed by atoms with Crippen LogP contribution in [0.2, 0.25) is 0 Å². The van der Waals surface area contributed by atoms with Gasteiger partial charge in [0.05, 0.1) is 12.1 Å². The number of rotatable bonds is 6. The van der Waals surface area contributed by atoms with Crippen molar-refractivity contribution in [2.75, 3.05) is 7.05 Å². The number of hydrogen-bond acceptors (Lipinski definition) is 3. The van der Waals surface area contributed by atoms with Crippen LogP contribution in [0.1, 0.15) is 27.2 Å². The summed E-state index contributed by atoms with van der Waals surface area (Å²) in [5.74, 6) is -0.326. The molecule has 0 aliphatic heterocycles. The first-order valence-corrected chi connectivity index (χ1v) is 10.3. The molecule has 0 atom stereocenters. The van der Waals surface area contributed by atoms with E-state index < -0.39 is 11.7 Å². The number of carbonyl (C=O) groups is 1. The summed E-state index contributed by atoms with van der Waals surface area (Å²) in [6.45, 7) is 0.422. The minimum absolute atomic E-state index is 0.0385. The van der Waals surface area contributed by atoms with E-state index in [2.05, 4.69) is 10.3 Å². The van der Waals surface area contributed by atoms with Crippen molar-refractivity contribution in [1.29, 1.82) is 0 Å². The molecule has 5 nitrogen and oxygen atoms in total. The summed E-state index contributed by atoms with van der Waals surface area (Å²) >= 11 is 0. The van der Waals surface area contributed by atoms with Gasteiger partial charge in [0.1, 0.15) is 5.69 Å². The molecule has 0 unspecified atom stereocenters. The summed E-state index contributed by atoms with van der Waals surface area (Å²) < 4.78 is 40.9. The molecule has 0 bridgehead atoms. The summed E-state index contributed by atoms with van der Waals surface area (Å²) in [5.41, 5.74) is 1.94. The van der Waals surface area contributed by atoms with Crippen molar-refractivity contribution in [3.8, 4) is 11.3 Å². The monoisotopic (exact) mass is 450 g/mol. The van der Waals surface area contributed by atoms with Crippen molar-refractivity contribution in [1.82, 2.24) is 19.9 Å². The molecule has 0 saturated heterocycles. The maximum Gasteiger partial charge on any atom is 0.416 e. The molecule has 8 heteroatoms. The van der Waals surface area contributed by atoms with Gasteiger partial charge in [0, 0.05) is 19.2 Å². The van der Waals surface area contributed by atoms with E-state index in [1.165, 1.54) is 10.7 Å². The SMILES string of the molecule is CN(Cc1ccccc1)C(=O)c1nnn(Cc2cccc(C(F)(F)F)c2)c1-c1ccccc1. The summed E-state index contributed by atoms with van der Waals surface area (Å²) in [4.78, 5) is 14.8. The zero-order chi connectivity index (χ0) is 23.4. The standard InChI is InChI=1S/C25H21F3N4O/c1-31(16-18-9-4-2-5-10-18)24(33)22-23(20-12-6-3-7-13-20)32(30-29-22)17-19-11-8-14-21(15-19)25(26,27)28/h2-15H,16-17H2,1H3. The Hall–Kier alpha value is -3.94. The van der Waals surface area contributed by atoms with Gasteiger partial charge in [0.2, 0.25) is 0 Å². The predicted molar refractivity (Wildman–Crippen MR) is 118 cm³/mol. The lowest BCUT2D eigenvalue weighted by atomic mass is 10.1. The van der Waals surface area contributed by atoms with E-state index in [-0.39, 0.29) is 18.1 Å². The number of benzene rings is 3. The van der Waals surface area contributed by atoms with Crippen LogP contribution >= 0.6 is 0 Å². The van der Waals surface area contributed by atoms with E-state index in [0.29, 0.717) is 23.4 Å². The molecule has 0 aliphatic rings. The van der Waals surface area contributed by atoms with Crippen molar-refractivity contribution >= 4 is 5.91 Å². The molecule has 3 aromatic carbocycles. The average Bonchev–Trinajstić information content (AvgIpc) is 3.22. The lowest BCUT2D eigenvalue weighted by Gasteiger charge is -2.17. The van der Waals surface area contributed by atoms with Crippen LogP contribution in [0.15, 0.2) is 84.9 Å². The quantitative estimate of drug-likeness (QED) is 0.401. The second kappa shape index (κ2) is 9.28. The van der Waals surface area contributed by atoms with E-state index in [1.54, 1.807) is 18.0 Å². The number of aromatic nitrogens is 3. The average molecular weight is 450 g/mol. The third-order valence-electron chi connectivity index (χ3n) is 5.18. The van der Waals surface area contributed by atoms with Crippen molar-refractivity contribution in [2.24, 2.45) is 0 Å². The van der Waals surface area contributed by atoms with Crippen LogP contribution in [0, 0.1) is 0 Å². The molecule has 4 rings (SSSR count). The fraction of sp³-hybridized carbons (Fsp3) is 0.160. The lowest BCUT2D eigenvalue weighted by Crippen LogP contribution is -2.27. The number of halogens is 3. The molecule has 0 saturated carbocycles. The first-order valence-electron chi connectivity index (χ1n) is 10.3. The van der Waals surface area contributed by atoms with Gasteiger partial charge in [-0.15, -0.1) is 5.10 Å². The molecule has 0 N–H and O–H groups in total. The zero-order valence-electron chi connectivity index (χ0n) is 17.8. The van der Waals surface area contributed by atoms with Gasteiger partial charge >= 0.3 is 6.18 Å². The Labute approximate surface area is 189 Å². The van der Waals surface area contributed by atoms with Crippen LogP contribution in [0.5, 0.6) is 0 Å². The van der Waals surface area contributed by atoms with Crippen LogP contribution in [-0.4, -0.2) is 32.8 Å². The number of alkyl halides is 3. The largest absolute Gasteiger partial charge is 0.416 e. The van der Waals surface area contributed by atoms with Gasteiger partial charge in [0.15, 0.2) is 5.69 Å². The maximum atomic E-state index is 13.3. The summed E-state index contributed by atoms with van der Waals surface area (Å²) in [6.07, 6.45) is -4.44. The Balaban J connectivity index is 1.69. The van der Waals surface area contributed by atoms with E-state index in [0.717, 1.165) is 17.7 Å². The number of carbonyl (C=O) groups excluding carboxylic acids is 1. The van der Waals surface area contributed by atoms with Crippen LogP contribution < -0.4 is 0 Å². The van der Waals surface area contributed by atoms with Crippen molar-refractivity contribution in [2.45, 2.75) is 19.3 Å². The first kappa shape index (κ1) is 22.3. The smallest absolute Gasteiger partial charge is 0.336 e. The minimum Gasteiger partial charge on any atom is -0.336 e. The number of nitrogens with zero attached hydrogens (tertiary/aromatic N) is 4. The summed E-state index contributed by atoms with van der Waals surface area (Å²) in [7, 11) is 1.68. The second-order valence-corrected chi connectivity index (χ2v) is 7.66. The van der Waals surface area contributed by atoms with Crippen LogP contribution in [0.3, 0.4) is 0 Å².